The Kier molecular flexibility index (Phi) is 7.32. The molecule has 2 unspecified atom stereocenters. The van der Waals surface area contributed by atoms with Crippen LogP contribution in [0.1, 0.15) is 18.9 Å². The summed E-state index contributed by atoms with van der Waals surface area (Å²) in [4.78, 5) is 64.3. The highest BCUT2D eigenvalue weighted by atomic mass is 35.5. The molecular weight excluding hydrogens is 434 g/mol. The predicted molar refractivity (Wildman–Crippen MR) is 110 cm³/mol. The number of aromatic nitrogens is 2. The van der Waals surface area contributed by atoms with E-state index in [1.807, 2.05) is 4.98 Å². The van der Waals surface area contributed by atoms with Gasteiger partial charge in [-0.3, -0.25) is 24.4 Å². The lowest BCUT2D eigenvalue weighted by Crippen LogP contribution is -2.46. The molecule has 1 heterocycles. The number of hydrogen-bond acceptors (Lipinski definition) is 7. The number of nitrogens with zero attached hydrogens (tertiary/aromatic N) is 2. The van der Waals surface area contributed by atoms with Crippen LogP contribution in [0.2, 0.25) is 5.02 Å². The van der Waals surface area contributed by atoms with Gasteiger partial charge in [-0.25, -0.2) is 14.2 Å². The predicted octanol–water partition coefficient (Wildman–Crippen LogP) is -0.863. The van der Waals surface area contributed by atoms with Gasteiger partial charge in [0.1, 0.15) is 17.6 Å². The number of nitrogens with one attached hydrogen (secondary N) is 2. The quantitative estimate of drug-likeness (QED) is 0.321. The molecule has 1 aromatic heterocycles. The van der Waals surface area contributed by atoms with E-state index in [0.717, 1.165) is 10.8 Å². The lowest BCUT2D eigenvalue weighted by atomic mass is 10.2. The van der Waals surface area contributed by atoms with Crippen molar-refractivity contribution in [3.05, 3.63) is 55.7 Å². The van der Waals surface area contributed by atoms with E-state index in [9.17, 15) is 29.1 Å². The SMILES string of the molecule is CC(N=Cc1c(O)n(-c2ccc(Cl)cc2)c(=O)[nH]c1=O)C(=O)NC(CC(N)=O)C(=O)O. The summed E-state index contributed by atoms with van der Waals surface area (Å²) < 4.78 is 0.803. The Balaban J connectivity index is 2.32. The number of H-pyrrole nitrogens is 1. The first-order chi connectivity index (χ1) is 14.5. The number of aromatic hydroxyl groups is 1. The molecule has 0 saturated heterocycles. The maximum atomic E-state index is 12.1. The molecule has 0 saturated carbocycles. The monoisotopic (exact) mass is 451 g/mol. The average molecular weight is 452 g/mol. The van der Waals surface area contributed by atoms with E-state index >= 15 is 0 Å². The zero-order valence-electron chi connectivity index (χ0n) is 16.0. The van der Waals surface area contributed by atoms with Crippen LogP contribution >= 0.6 is 11.6 Å². The number of amides is 2. The van der Waals surface area contributed by atoms with E-state index in [0.29, 0.717) is 5.02 Å². The van der Waals surface area contributed by atoms with Gasteiger partial charge in [-0.1, -0.05) is 11.6 Å². The number of hydrogen-bond donors (Lipinski definition) is 5. The first-order valence-corrected chi connectivity index (χ1v) is 9.08. The Bertz CT molecular complexity index is 1150. The third-order valence-electron chi connectivity index (χ3n) is 4.03. The molecule has 0 spiro atoms. The molecule has 13 heteroatoms. The molecule has 2 aromatic rings. The van der Waals surface area contributed by atoms with Gasteiger partial charge in [0, 0.05) is 11.2 Å². The van der Waals surface area contributed by atoms with Crippen LogP contribution in [0.5, 0.6) is 5.88 Å². The van der Waals surface area contributed by atoms with Gasteiger partial charge in [-0.15, -0.1) is 0 Å². The Morgan fingerprint density at radius 2 is 1.90 bits per heavy atom. The van der Waals surface area contributed by atoms with Crippen molar-refractivity contribution in [2.75, 3.05) is 0 Å². The molecule has 2 atom stereocenters. The lowest BCUT2D eigenvalue weighted by Gasteiger charge is -2.14. The first-order valence-electron chi connectivity index (χ1n) is 8.70. The second-order valence-electron chi connectivity index (χ2n) is 6.33. The van der Waals surface area contributed by atoms with Gasteiger partial charge < -0.3 is 21.3 Å². The Morgan fingerprint density at radius 3 is 2.45 bits per heavy atom. The maximum Gasteiger partial charge on any atom is 0.335 e. The summed E-state index contributed by atoms with van der Waals surface area (Å²) in [5.74, 6) is -3.99. The normalized spacial score (nSPS) is 13.0. The molecule has 0 radical (unpaired) electrons. The van der Waals surface area contributed by atoms with E-state index < -0.39 is 59.0 Å². The Morgan fingerprint density at radius 1 is 1.29 bits per heavy atom. The molecule has 0 bridgehead atoms. The molecule has 2 amide bonds. The second kappa shape index (κ2) is 9.71. The highest BCUT2D eigenvalue weighted by Crippen LogP contribution is 2.17. The van der Waals surface area contributed by atoms with Crippen molar-refractivity contribution in [1.82, 2.24) is 14.9 Å². The molecule has 0 aliphatic carbocycles. The number of benzene rings is 1. The second-order valence-corrected chi connectivity index (χ2v) is 6.77. The van der Waals surface area contributed by atoms with Crippen molar-refractivity contribution >= 4 is 35.6 Å². The topological polar surface area (TPSA) is 197 Å². The van der Waals surface area contributed by atoms with Crippen LogP contribution < -0.4 is 22.3 Å². The number of carbonyl (C=O) groups excluding carboxylic acids is 2. The van der Waals surface area contributed by atoms with Gasteiger partial charge in [0.05, 0.1) is 12.1 Å². The number of primary amides is 1. The minimum Gasteiger partial charge on any atom is -0.493 e. The van der Waals surface area contributed by atoms with Crippen LogP contribution in [-0.4, -0.2) is 55.8 Å². The van der Waals surface area contributed by atoms with Crippen LogP contribution in [0.3, 0.4) is 0 Å². The number of halogens is 1. The lowest BCUT2D eigenvalue weighted by molar-refractivity contribution is -0.143. The van der Waals surface area contributed by atoms with Crippen LogP contribution in [0.4, 0.5) is 0 Å². The summed E-state index contributed by atoms with van der Waals surface area (Å²) in [6.07, 6.45) is 0.248. The number of rotatable bonds is 8. The fourth-order valence-electron chi connectivity index (χ4n) is 2.43. The number of aromatic amines is 1. The summed E-state index contributed by atoms with van der Waals surface area (Å²) in [5.41, 5.74) is 2.87. The number of carboxylic acids is 1. The van der Waals surface area contributed by atoms with E-state index in [1.165, 1.54) is 31.2 Å². The van der Waals surface area contributed by atoms with E-state index in [1.54, 1.807) is 0 Å². The van der Waals surface area contributed by atoms with Gasteiger partial charge in [0.15, 0.2) is 0 Å². The van der Waals surface area contributed by atoms with Crippen LogP contribution in [-0.2, 0) is 14.4 Å². The van der Waals surface area contributed by atoms with Crippen molar-refractivity contribution in [2.24, 2.45) is 10.7 Å². The Hall–Kier alpha value is -3.93. The van der Waals surface area contributed by atoms with Gasteiger partial charge in [0.2, 0.25) is 17.7 Å². The van der Waals surface area contributed by atoms with Gasteiger partial charge in [-0.2, -0.15) is 0 Å². The molecule has 12 nitrogen and oxygen atoms in total. The molecule has 31 heavy (non-hydrogen) atoms. The fraction of sp³-hybridized carbons (Fsp3) is 0.222. The Labute approximate surface area is 179 Å². The molecule has 2 rings (SSSR count). The highest BCUT2D eigenvalue weighted by Gasteiger charge is 2.24. The van der Waals surface area contributed by atoms with Crippen molar-refractivity contribution in [2.45, 2.75) is 25.4 Å². The number of carboxylic acid groups (broad SMARTS) is 1. The first kappa shape index (κ1) is 23.3. The zero-order chi connectivity index (χ0) is 23.3. The average Bonchev–Trinajstić information content (AvgIpc) is 2.67. The summed E-state index contributed by atoms with van der Waals surface area (Å²) in [7, 11) is 0. The smallest absolute Gasteiger partial charge is 0.335 e. The summed E-state index contributed by atoms with van der Waals surface area (Å²) >= 11 is 5.80. The van der Waals surface area contributed by atoms with Crippen molar-refractivity contribution < 1.29 is 24.6 Å². The molecule has 6 N–H and O–H groups in total. The molecular formula is C18H18ClN5O7. The van der Waals surface area contributed by atoms with Crippen LogP contribution in [0.25, 0.3) is 5.69 Å². The summed E-state index contributed by atoms with van der Waals surface area (Å²) in [6.45, 7) is 1.29. The van der Waals surface area contributed by atoms with Gasteiger partial charge >= 0.3 is 11.7 Å². The van der Waals surface area contributed by atoms with Crippen molar-refractivity contribution in [1.29, 1.82) is 0 Å². The third-order valence-corrected chi connectivity index (χ3v) is 4.28. The molecule has 0 fully saturated rings. The maximum absolute atomic E-state index is 12.1. The van der Waals surface area contributed by atoms with Gasteiger partial charge in [0.25, 0.3) is 5.56 Å². The number of aliphatic carboxylic acids is 1. The minimum absolute atomic E-state index is 0.208. The molecule has 0 aliphatic rings. The largest absolute Gasteiger partial charge is 0.493 e. The van der Waals surface area contributed by atoms with Crippen molar-refractivity contribution in [3.8, 4) is 11.6 Å². The summed E-state index contributed by atoms with van der Waals surface area (Å²) in [5, 5.41) is 21.9. The number of aliphatic imine (C=N–C) groups is 1. The fourth-order valence-corrected chi connectivity index (χ4v) is 2.56. The third kappa shape index (κ3) is 5.79. The molecule has 1 aromatic carbocycles. The number of carbonyl (C=O) groups is 3. The van der Waals surface area contributed by atoms with Gasteiger partial charge in [-0.05, 0) is 31.2 Å². The minimum atomic E-state index is -1.55. The van der Waals surface area contributed by atoms with E-state index in [4.69, 9.17) is 22.4 Å². The highest BCUT2D eigenvalue weighted by molar-refractivity contribution is 6.30. The van der Waals surface area contributed by atoms with Crippen LogP contribution in [0.15, 0.2) is 38.8 Å². The van der Waals surface area contributed by atoms with E-state index in [-0.39, 0.29) is 5.69 Å². The summed E-state index contributed by atoms with van der Waals surface area (Å²) in [6, 6.07) is 3.06. The van der Waals surface area contributed by atoms with Crippen LogP contribution in [0, 0.1) is 0 Å². The van der Waals surface area contributed by atoms with Crippen molar-refractivity contribution in [3.63, 3.8) is 0 Å². The molecule has 0 aliphatic heterocycles. The number of nitrogens with two attached hydrogens (primary N) is 1. The zero-order valence-corrected chi connectivity index (χ0v) is 16.8. The molecule has 164 valence electrons. The van der Waals surface area contributed by atoms with E-state index in [2.05, 4.69) is 10.3 Å². The standard InChI is InChI=1S/C18H18ClN5O7/c1-8(14(26)22-12(17(29)30)6-13(20)25)21-7-11-15(27)23-18(31)24(16(11)28)10-4-2-9(19)3-5-10/h2-5,7-8,12,28H,6H2,1H3,(H2,20,25)(H,22,26)(H,29,30)(H,23,27,31).